The molecule has 0 unspecified atom stereocenters. The van der Waals surface area contributed by atoms with E-state index in [1.54, 1.807) is 42.5 Å². The minimum Gasteiger partial charge on any atom is -0.324 e. The summed E-state index contributed by atoms with van der Waals surface area (Å²) in [5.74, 6) is -0.366. The SMILES string of the molecule is Cc1cccc(C)c1NC(=O)Cn1c(=O)n(Cc2ccc(Cl)cc2Cl)c(=O)c2ccccc21. The third kappa shape index (κ3) is 4.58. The molecule has 1 N–H and O–H groups in total. The molecule has 4 rings (SSSR count). The molecule has 0 atom stereocenters. The lowest BCUT2D eigenvalue weighted by Crippen LogP contribution is -2.42. The molecule has 0 radical (unpaired) electrons. The minimum absolute atomic E-state index is 0.0446. The summed E-state index contributed by atoms with van der Waals surface area (Å²) in [7, 11) is 0. The molecule has 1 aromatic heterocycles. The molecule has 0 bridgehead atoms. The summed E-state index contributed by atoms with van der Waals surface area (Å²) in [6.07, 6.45) is 0. The number of hydrogen-bond donors (Lipinski definition) is 1. The lowest BCUT2D eigenvalue weighted by molar-refractivity contribution is -0.116. The van der Waals surface area contributed by atoms with Gasteiger partial charge in [-0.15, -0.1) is 0 Å². The number of nitrogens with zero attached hydrogens (tertiary/aromatic N) is 2. The lowest BCUT2D eigenvalue weighted by Gasteiger charge is -2.16. The van der Waals surface area contributed by atoms with Crippen molar-refractivity contribution in [1.29, 1.82) is 0 Å². The Morgan fingerprint density at radius 3 is 2.30 bits per heavy atom. The van der Waals surface area contributed by atoms with E-state index in [9.17, 15) is 14.4 Å². The standard InChI is InChI=1S/C25H21Cl2N3O3/c1-15-6-5-7-16(2)23(15)28-22(31)14-29-21-9-4-3-8-19(21)24(32)30(25(29)33)13-17-10-11-18(26)12-20(17)27/h3-12H,13-14H2,1-2H3,(H,28,31). The van der Waals surface area contributed by atoms with Crippen LogP contribution in [-0.2, 0) is 17.9 Å². The van der Waals surface area contributed by atoms with E-state index in [2.05, 4.69) is 5.32 Å². The number of aromatic nitrogens is 2. The van der Waals surface area contributed by atoms with E-state index in [1.807, 2.05) is 32.0 Å². The van der Waals surface area contributed by atoms with Crippen LogP contribution in [0, 0.1) is 13.8 Å². The van der Waals surface area contributed by atoms with Gasteiger partial charge >= 0.3 is 5.69 Å². The van der Waals surface area contributed by atoms with E-state index in [4.69, 9.17) is 23.2 Å². The number of hydrogen-bond acceptors (Lipinski definition) is 3. The van der Waals surface area contributed by atoms with Crippen molar-refractivity contribution in [2.45, 2.75) is 26.9 Å². The Balaban J connectivity index is 1.78. The largest absolute Gasteiger partial charge is 0.332 e. The summed E-state index contributed by atoms with van der Waals surface area (Å²) < 4.78 is 2.40. The number of nitrogens with one attached hydrogen (secondary N) is 1. The maximum atomic E-state index is 13.4. The van der Waals surface area contributed by atoms with E-state index >= 15 is 0 Å². The molecule has 0 saturated carbocycles. The highest BCUT2D eigenvalue weighted by molar-refractivity contribution is 6.35. The highest BCUT2D eigenvalue weighted by atomic mass is 35.5. The molecule has 4 aromatic rings. The van der Waals surface area contributed by atoms with Gasteiger partial charge in [0.1, 0.15) is 6.54 Å². The van der Waals surface area contributed by atoms with E-state index in [1.165, 1.54) is 4.57 Å². The first-order chi connectivity index (χ1) is 15.8. The number of amides is 1. The molecule has 0 aliphatic rings. The Hall–Kier alpha value is -3.35. The normalized spacial score (nSPS) is 11.0. The van der Waals surface area contributed by atoms with Gasteiger partial charge in [0, 0.05) is 15.7 Å². The predicted octanol–water partition coefficient (Wildman–Crippen LogP) is 4.77. The summed E-state index contributed by atoms with van der Waals surface area (Å²) in [4.78, 5) is 39.4. The summed E-state index contributed by atoms with van der Waals surface area (Å²) in [5, 5.41) is 4.03. The van der Waals surface area contributed by atoms with Crippen LogP contribution in [0.25, 0.3) is 10.9 Å². The van der Waals surface area contributed by atoms with Crippen LogP contribution < -0.4 is 16.6 Å². The van der Waals surface area contributed by atoms with Gasteiger partial charge in [0.05, 0.1) is 17.4 Å². The fourth-order valence-corrected chi connectivity index (χ4v) is 4.29. The molecule has 1 heterocycles. The van der Waals surface area contributed by atoms with Gasteiger partial charge in [-0.1, -0.05) is 59.6 Å². The average molecular weight is 482 g/mol. The summed E-state index contributed by atoms with van der Waals surface area (Å²) in [6.45, 7) is 3.51. The minimum atomic E-state index is -0.596. The van der Waals surface area contributed by atoms with Crippen LogP contribution in [0.5, 0.6) is 0 Å². The zero-order chi connectivity index (χ0) is 23.7. The summed E-state index contributed by atoms with van der Waals surface area (Å²) in [5.41, 5.74) is 2.46. The van der Waals surface area contributed by atoms with Crippen molar-refractivity contribution in [2.75, 3.05) is 5.32 Å². The summed E-state index contributed by atoms with van der Waals surface area (Å²) >= 11 is 12.2. The number of fused-ring (bicyclic) bond motifs is 1. The van der Waals surface area contributed by atoms with Crippen LogP contribution in [0.2, 0.25) is 10.0 Å². The number of benzene rings is 3. The lowest BCUT2D eigenvalue weighted by atomic mass is 10.1. The van der Waals surface area contributed by atoms with Crippen molar-refractivity contribution in [3.05, 3.63) is 108 Å². The smallest absolute Gasteiger partial charge is 0.324 e. The Morgan fingerprint density at radius 2 is 1.61 bits per heavy atom. The topological polar surface area (TPSA) is 73.1 Å². The van der Waals surface area contributed by atoms with E-state index < -0.39 is 11.2 Å². The molecule has 0 aliphatic carbocycles. The second kappa shape index (κ2) is 9.25. The Morgan fingerprint density at radius 1 is 0.909 bits per heavy atom. The zero-order valence-electron chi connectivity index (χ0n) is 18.1. The third-order valence-corrected chi connectivity index (χ3v) is 6.11. The molecular formula is C25H21Cl2N3O3. The van der Waals surface area contributed by atoms with Gasteiger partial charge < -0.3 is 5.32 Å². The number of rotatable bonds is 5. The highest BCUT2D eigenvalue weighted by Crippen LogP contribution is 2.22. The predicted molar refractivity (Wildman–Crippen MR) is 133 cm³/mol. The first-order valence-corrected chi connectivity index (χ1v) is 11.0. The summed E-state index contributed by atoms with van der Waals surface area (Å²) in [6, 6.07) is 17.3. The van der Waals surface area contributed by atoms with Crippen molar-refractivity contribution in [1.82, 2.24) is 9.13 Å². The first kappa shape index (κ1) is 22.8. The van der Waals surface area contributed by atoms with Gasteiger partial charge in [-0.3, -0.25) is 18.7 Å². The van der Waals surface area contributed by atoms with Crippen LogP contribution in [0.4, 0.5) is 5.69 Å². The van der Waals surface area contributed by atoms with Gasteiger partial charge in [0.15, 0.2) is 0 Å². The second-order valence-corrected chi connectivity index (χ2v) is 8.67. The average Bonchev–Trinajstić information content (AvgIpc) is 2.78. The second-order valence-electron chi connectivity index (χ2n) is 7.83. The molecule has 8 heteroatoms. The molecule has 0 aliphatic heterocycles. The molecule has 1 amide bonds. The van der Waals surface area contributed by atoms with Gasteiger partial charge in [0.2, 0.25) is 5.91 Å². The van der Waals surface area contributed by atoms with Crippen molar-refractivity contribution in [3.63, 3.8) is 0 Å². The van der Waals surface area contributed by atoms with Crippen molar-refractivity contribution in [2.24, 2.45) is 0 Å². The van der Waals surface area contributed by atoms with Crippen LogP contribution >= 0.6 is 23.2 Å². The molecule has 168 valence electrons. The quantitative estimate of drug-likeness (QED) is 0.445. The van der Waals surface area contributed by atoms with E-state index in [0.717, 1.165) is 15.7 Å². The number of carbonyl (C=O) groups is 1. The van der Waals surface area contributed by atoms with Gasteiger partial charge in [-0.05, 0) is 54.8 Å². The van der Waals surface area contributed by atoms with Gasteiger partial charge in [0.25, 0.3) is 5.56 Å². The van der Waals surface area contributed by atoms with Crippen LogP contribution in [0.15, 0.2) is 70.3 Å². The number of carbonyl (C=O) groups excluding carboxylic acids is 1. The maximum Gasteiger partial charge on any atom is 0.332 e. The molecule has 0 saturated heterocycles. The number of anilines is 1. The van der Waals surface area contributed by atoms with Crippen LogP contribution in [-0.4, -0.2) is 15.0 Å². The molecule has 33 heavy (non-hydrogen) atoms. The monoisotopic (exact) mass is 481 g/mol. The Bertz CT molecular complexity index is 1490. The number of para-hydroxylation sites is 2. The highest BCUT2D eigenvalue weighted by Gasteiger charge is 2.17. The first-order valence-electron chi connectivity index (χ1n) is 10.3. The van der Waals surface area contributed by atoms with E-state index in [-0.39, 0.29) is 19.0 Å². The molecule has 3 aromatic carbocycles. The van der Waals surface area contributed by atoms with Gasteiger partial charge in [-0.2, -0.15) is 0 Å². The molecule has 0 fully saturated rings. The molecule has 0 spiro atoms. The van der Waals surface area contributed by atoms with Gasteiger partial charge in [-0.25, -0.2) is 4.79 Å². The fourth-order valence-electron chi connectivity index (χ4n) is 3.82. The Kier molecular flexibility index (Phi) is 6.40. The molecule has 6 nitrogen and oxygen atoms in total. The van der Waals surface area contributed by atoms with Crippen LogP contribution in [0.1, 0.15) is 16.7 Å². The number of halogens is 2. The number of aryl methyl sites for hydroxylation is 2. The van der Waals surface area contributed by atoms with Crippen molar-refractivity contribution < 1.29 is 4.79 Å². The molecular weight excluding hydrogens is 461 g/mol. The maximum absolute atomic E-state index is 13.4. The Labute approximate surface area is 200 Å². The van der Waals surface area contributed by atoms with E-state index in [0.29, 0.717) is 32.2 Å². The van der Waals surface area contributed by atoms with Crippen molar-refractivity contribution >= 4 is 45.7 Å². The van der Waals surface area contributed by atoms with Crippen molar-refractivity contribution in [3.8, 4) is 0 Å². The fraction of sp³-hybridized carbons (Fsp3) is 0.160. The zero-order valence-corrected chi connectivity index (χ0v) is 19.6. The van der Waals surface area contributed by atoms with Crippen LogP contribution in [0.3, 0.4) is 0 Å². The third-order valence-electron chi connectivity index (χ3n) is 5.52.